The van der Waals surface area contributed by atoms with Crippen molar-refractivity contribution in [2.75, 3.05) is 13.1 Å². The molecule has 1 aromatic heterocycles. The lowest BCUT2D eigenvalue weighted by molar-refractivity contribution is -0.385. The van der Waals surface area contributed by atoms with Crippen molar-refractivity contribution in [3.8, 4) is 0 Å². The second-order valence-corrected chi connectivity index (χ2v) is 8.47. The first-order valence-electron chi connectivity index (χ1n) is 9.90. The Kier molecular flexibility index (Phi) is 5.92. The molecule has 6 nitrogen and oxygen atoms in total. The number of fused-ring (bicyclic) bond motifs is 1. The van der Waals surface area contributed by atoms with E-state index in [2.05, 4.69) is 40.5 Å². The van der Waals surface area contributed by atoms with Crippen LogP contribution in [-0.4, -0.2) is 28.8 Å². The van der Waals surface area contributed by atoms with Gasteiger partial charge in [0.15, 0.2) is 0 Å². The molecule has 30 heavy (non-hydrogen) atoms. The fourth-order valence-electron chi connectivity index (χ4n) is 3.91. The molecule has 1 N–H and O–H groups in total. The molecule has 4 rings (SSSR count). The Bertz CT molecular complexity index is 1070. The largest absolute Gasteiger partial charge is 0.350 e. The first-order chi connectivity index (χ1) is 14.5. The van der Waals surface area contributed by atoms with Gasteiger partial charge in [-0.1, -0.05) is 36.4 Å². The molecule has 0 bridgehead atoms. The number of nitro groups is 1. The molecule has 2 heterocycles. The van der Waals surface area contributed by atoms with Crippen molar-refractivity contribution in [3.05, 3.63) is 97.2 Å². The summed E-state index contributed by atoms with van der Waals surface area (Å²) >= 11 is 1.68. The van der Waals surface area contributed by atoms with Gasteiger partial charge in [0.2, 0.25) is 0 Å². The Morgan fingerprint density at radius 2 is 2.00 bits per heavy atom. The van der Waals surface area contributed by atoms with E-state index < -0.39 is 4.92 Å². The monoisotopic (exact) mass is 421 g/mol. The number of carbonyl (C=O) groups excluding carboxylic acids is 1. The number of amides is 1. The van der Waals surface area contributed by atoms with Gasteiger partial charge in [0.05, 0.1) is 11.0 Å². The number of hydrogen-bond donors (Lipinski definition) is 1. The minimum Gasteiger partial charge on any atom is -0.350 e. The summed E-state index contributed by atoms with van der Waals surface area (Å²) < 4.78 is 0. The number of carbonyl (C=O) groups is 1. The number of thiophene rings is 1. The van der Waals surface area contributed by atoms with Gasteiger partial charge >= 0.3 is 0 Å². The molecule has 0 saturated heterocycles. The van der Waals surface area contributed by atoms with E-state index in [1.165, 1.54) is 22.1 Å². The summed E-state index contributed by atoms with van der Waals surface area (Å²) in [7, 11) is 0. The van der Waals surface area contributed by atoms with Gasteiger partial charge in [0, 0.05) is 41.7 Å². The van der Waals surface area contributed by atoms with Gasteiger partial charge < -0.3 is 5.32 Å². The summed E-state index contributed by atoms with van der Waals surface area (Å²) in [6, 6.07) is 17.3. The third kappa shape index (κ3) is 4.27. The number of nitrogens with one attached hydrogen (secondary N) is 1. The van der Waals surface area contributed by atoms with Crippen molar-refractivity contribution in [2.24, 2.45) is 0 Å². The van der Waals surface area contributed by atoms with Gasteiger partial charge in [-0.05, 0) is 42.0 Å². The lowest BCUT2D eigenvalue weighted by Crippen LogP contribution is -2.40. The molecule has 0 aliphatic carbocycles. The van der Waals surface area contributed by atoms with Crippen LogP contribution in [0.15, 0.2) is 60.0 Å². The number of rotatable bonds is 6. The third-order valence-corrected chi connectivity index (χ3v) is 6.57. The van der Waals surface area contributed by atoms with Crippen molar-refractivity contribution in [2.45, 2.75) is 25.9 Å². The summed E-state index contributed by atoms with van der Waals surface area (Å²) in [5, 5.41) is 16.2. The molecule has 1 amide bonds. The van der Waals surface area contributed by atoms with E-state index in [1.807, 2.05) is 11.4 Å². The molecule has 7 heteroatoms. The number of aryl methyl sites for hydroxylation is 1. The second-order valence-electron chi connectivity index (χ2n) is 7.49. The van der Waals surface area contributed by atoms with E-state index in [0.717, 1.165) is 19.5 Å². The van der Waals surface area contributed by atoms with E-state index in [0.29, 0.717) is 17.7 Å². The highest BCUT2D eigenvalue weighted by atomic mass is 32.1. The standard InChI is InChI=1S/C23H23N3O3S/c1-16-8-9-18(13-20(16)26(28)29)23(27)24-14-21(22-7-4-12-30-22)25-11-10-17-5-2-3-6-19(17)15-25/h2-9,12-13,21H,10-11,14-15H2,1H3,(H,24,27). The number of nitro benzene ring substituents is 1. The van der Waals surface area contributed by atoms with E-state index in [9.17, 15) is 14.9 Å². The fourth-order valence-corrected chi connectivity index (χ4v) is 4.77. The predicted molar refractivity (Wildman–Crippen MR) is 118 cm³/mol. The van der Waals surface area contributed by atoms with Crippen LogP contribution >= 0.6 is 11.3 Å². The van der Waals surface area contributed by atoms with Crippen molar-refractivity contribution in [1.29, 1.82) is 0 Å². The molecule has 0 spiro atoms. The van der Waals surface area contributed by atoms with Crippen LogP contribution in [-0.2, 0) is 13.0 Å². The lowest BCUT2D eigenvalue weighted by Gasteiger charge is -2.35. The maximum atomic E-state index is 12.7. The summed E-state index contributed by atoms with van der Waals surface area (Å²) in [4.78, 5) is 27.1. The van der Waals surface area contributed by atoms with Crippen LogP contribution in [0, 0.1) is 17.0 Å². The molecule has 1 atom stereocenters. The molecule has 1 unspecified atom stereocenters. The van der Waals surface area contributed by atoms with Gasteiger partial charge in [-0.25, -0.2) is 0 Å². The quantitative estimate of drug-likeness (QED) is 0.470. The minimum atomic E-state index is -0.453. The molecule has 3 aromatic rings. The van der Waals surface area contributed by atoms with Gasteiger partial charge in [0.1, 0.15) is 0 Å². The molecule has 0 radical (unpaired) electrons. The van der Waals surface area contributed by atoms with E-state index in [-0.39, 0.29) is 17.6 Å². The van der Waals surface area contributed by atoms with E-state index in [4.69, 9.17) is 0 Å². The number of hydrogen-bond acceptors (Lipinski definition) is 5. The Hall–Kier alpha value is -3.03. The van der Waals surface area contributed by atoms with Crippen LogP contribution in [0.2, 0.25) is 0 Å². The molecule has 154 valence electrons. The first kappa shape index (κ1) is 20.3. The van der Waals surface area contributed by atoms with Crippen molar-refractivity contribution < 1.29 is 9.72 Å². The second kappa shape index (κ2) is 8.77. The highest BCUT2D eigenvalue weighted by Crippen LogP contribution is 2.30. The van der Waals surface area contributed by atoms with Crippen LogP contribution < -0.4 is 5.32 Å². The summed E-state index contributed by atoms with van der Waals surface area (Å²) in [6.45, 7) is 3.88. The van der Waals surface area contributed by atoms with Crippen molar-refractivity contribution >= 4 is 22.9 Å². The molecule has 0 fully saturated rings. The summed E-state index contributed by atoms with van der Waals surface area (Å²) in [5.74, 6) is -0.294. The Balaban J connectivity index is 1.51. The van der Waals surface area contributed by atoms with Crippen LogP contribution in [0.5, 0.6) is 0 Å². The zero-order valence-electron chi connectivity index (χ0n) is 16.7. The van der Waals surface area contributed by atoms with Crippen molar-refractivity contribution in [1.82, 2.24) is 10.2 Å². The lowest BCUT2D eigenvalue weighted by atomic mass is 9.98. The molecular weight excluding hydrogens is 398 g/mol. The van der Waals surface area contributed by atoms with Gasteiger partial charge in [0.25, 0.3) is 11.6 Å². The molecule has 1 aliphatic heterocycles. The molecule has 2 aromatic carbocycles. The Morgan fingerprint density at radius 3 is 2.73 bits per heavy atom. The summed E-state index contributed by atoms with van der Waals surface area (Å²) in [5.41, 5.74) is 3.52. The van der Waals surface area contributed by atoms with Gasteiger partial charge in [-0.15, -0.1) is 11.3 Å². The summed E-state index contributed by atoms with van der Waals surface area (Å²) in [6.07, 6.45) is 0.982. The predicted octanol–water partition coefficient (Wildman–Crippen LogP) is 4.49. The van der Waals surface area contributed by atoms with E-state index >= 15 is 0 Å². The maximum Gasteiger partial charge on any atom is 0.273 e. The average Bonchev–Trinajstić information content (AvgIpc) is 3.28. The van der Waals surface area contributed by atoms with E-state index in [1.54, 1.807) is 30.4 Å². The Morgan fingerprint density at radius 1 is 1.20 bits per heavy atom. The molecule has 1 aliphatic rings. The molecule has 0 saturated carbocycles. The smallest absolute Gasteiger partial charge is 0.273 e. The topological polar surface area (TPSA) is 75.5 Å². The minimum absolute atomic E-state index is 0.0369. The normalized spacial score (nSPS) is 14.7. The fraction of sp³-hybridized carbons (Fsp3) is 0.261. The van der Waals surface area contributed by atoms with Crippen molar-refractivity contribution in [3.63, 3.8) is 0 Å². The zero-order chi connectivity index (χ0) is 21.1. The average molecular weight is 422 g/mol. The maximum absolute atomic E-state index is 12.7. The molecular formula is C23H23N3O3S. The van der Waals surface area contributed by atoms with Gasteiger partial charge in [-0.3, -0.25) is 19.8 Å². The van der Waals surface area contributed by atoms with Crippen LogP contribution in [0.25, 0.3) is 0 Å². The van der Waals surface area contributed by atoms with Crippen LogP contribution in [0.3, 0.4) is 0 Å². The zero-order valence-corrected chi connectivity index (χ0v) is 17.5. The first-order valence-corrected chi connectivity index (χ1v) is 10.8. The third-order valence-electron chi connectivity index (χ3n) is 5.60. The Labute approximate surface area is 179 Å². The SMILES string of the molecule is Cc1ccc(C(=O)NCC(c2cccs2)N2CCc3ccccc3C2)cc1[N+](=O)[O-]. The number of nitrogens with zero attached hydrogens (tertiary/aromatic N) is 2. The highest BCUT2D eigenvalue weighted by Gasteiger charge is 2.26. The van der Waals surface area contributed by atoms with Crippen LogP contribution in [0.1, 0.15) is 38.0 Å². The number of benzene rings is 2. The van der Waals surface area contributed by atoms with Gasteiger partial charge in [-0.2, -0.15) is 0 Å². The van der Waals surface area contributed by atoms with Crippen LogP contribution in [0.4, 0.5) is 5.69 Å². The highest BCUT2D eigenvalue weighted by molar-refractivity contribution is 7.10.